The van der Waals surface area contributed by atoms with E-state index < -0.39 is 23.5 Å². The van der Waals surface area contributed by atoms with Gasteiger partial charge in [0.2, 0.25) is 0 Å². The second kappa shape index (κ2) is 8.54. The van der Waals surface area contributed by atoms with Crippen molar-refractivity contribution >= 4 is 16.7 Å². The highest BCUT2D eigenvalue weighted by molar-refractivity contribution is 5.87. The Balaban J connectivity index is 1.66. The number of carbonyl (C=O) groups is 1. The minimum absolute atomic E-state index is 0.0337. The smallest absolute Gasteiger partial charge is 0.420 e. The molecule has 162 valence electrons. The third-order valence-electron chi connectivity index (χ3n) is 4.52. The number of fused-ring (bicyclic) bond motifs is 1. The van der Waals surface area contributed by atoms with Crippen LogP contribution in [0.25, 0.3) is 10.8 Å². The minimum atomic E-state index is -4.71. The average Bonchev–Trinajstić information content (AvgIpc) is 2.74. The summed E-state index contributed by atoms with van der Waals surface area (Å²) < 4.78 is 52.4. The molecule has 0 aliphatic rings. The van der Waals surface area contributed by atoms with Crippen LogP contribution in [0.4, 0.5) is 13.2 Å². The van der Waals surface area contributed by atoms with E-state index in [2.05, 4.69) is 10.2 Å². The topological polar surface area (TPSA) is 81.5 Å². The first-order valence-corrected chi connectivity index (χ1v) is 9.37. The summed E-state index contributed by atoms with van der Waals surface area (Å²) in [5.41, 5.74) is -0.624. The Morgan fingerprint density at radius 1 is 0.875 bits per heavy atom. The van der Waals surface area contributed by atoms with Gasteiger partial charge in [0.15, 0.2) is 0 Å². The molecule has 6 nitrogen and oxygen atoms in total. The van der Waals surface area contributed by atoms with Gasteiger partial charge in [-0.25, -0.2) is 0 Å². The number of hydrogen-bond donors (Lipinski definition) is 1. The highest BCUT2D eigenvalue weighted by Crippen LogP contribution is 2.41. The summed E-state index contributed by atoms with van der Waals surface area (Å²) in [5, 5.41) is 17.8. The number of benzene rings is 3. The summed E-state index contributed by atoms with van der Waals surface area (Å²) in [6, 6.07) is 14.4. The van der Waals surface area contributed by atoms with Crippen molar-refractivity contribution in [2.75, 3.05) is 0 Å². The summed E-state index contributed by atoms with van der Waals surface area (Å²) in [5.74, 6) is -1.09. The van der Waals surface area contributed by atoms with Gasteiger partial charge in [-0.3, -0.25) is 4.79 Å². The van der Waals surface area contributed by atoms with E-state index in [1.54, 1.807) is 24.3 Å². The van der Waals surface area contributed by atoms with Gasteiger partial charge in [-0.2, -0.15) is 23.4 Å². The first-order valence-electron chi connectivity index (χ1n) is 9.37. The summed E-state index contributed by atoms with van der Waals surface area (Å²) in [6.07, 6.45) is -1.99. The number of aromatic nitrogens is 2. The van der Waals surface area contributed by atoms with E-state index in [-0.39, 0.29) is 17.9 Å². The molecule has 0 unspecified atom stereocenters. The highest BCUT2D eigenvalue weighted by Gasteiger charge is 2.35. The number of aliphatic carboxylic acids is 1. The third-order valence-corrected chi connectivity index (χ3v) is 4.52. The van der Waals surface area contributed by atoms with Crippen LogP contribution in [0.5, 0.6) is 23.0 Å². The largest absolute Gasteiger partial charge is 0.481 e. The average molecular weight is 440 g/mol. The molecule has 1 N–H and O–H groups in total. The molecular weight excluding hydrogens is 425 g/mol. The number of ether oxygens (including phenoxy) is 2. The fraction of sp³-hybridized carbons (Fsp3) is 0.0870. The summed E-state index contributed by atoms with van der Waals surface area (Å²) in [7, 11) is 0. The maximum Gasteiger partial charge on any atom is 0.420 e. The van der Waals surface area contributed by atoms with Crippen LogP contribution in [0.2, 0.25) is 0 Å². The molecule has 0 saturated carbocycles. The molecule has 0 saturated heterocycles. The fourth-order valence-electron chi connectivity index (χ4n) is 3.12. The second-order valence-electron chi connectivity index (χ2n) is 6.83. The molecule has 0 radical (unpaired) electrons. The number of carboxylic acids is 1. The third kappa shape index (κ3) is 4.77. The Morgan fingerprint density at radius 2 is 1.59 bits per heavy atom. The molecule has 4 aromatic rings. The lowest BCUT2D eigenvalue weighted by Gasteiger charge is -2.16. The van der Waals surface area contributed by atoms with Gasteiger partial charge in [-0.1, -0.05) is 24.3 Å². The highest BCUT2D eigenvalue weighted by atomic mass is 19.4. The van der Waals surface area contributed by atoms with E-state index in [1.807, 2.05) is 0 Å². The van der Waals surface area contributed by atoms with Crippen molar-refractivity contribution in [1.29, 1.82) is 0 Å². The van der Waals surface area contributed by atoms with Crippen molar-refractivity contribution in [1.82, 2.24) is 10.2 Å². The van der Waals surface area contributed by atoms with Gasteiger partial charge in [-0.15, -0.1) is 0 Å². The first-order chi connectivity index (χ1) is 15.3. The molecule has 0 aliphatic heterocycles. The van der Waals surface area contributed by atoms with Gasteiger partial charge < -0.3 is 14.6 Å². The molecule has 4 rings (SSSR count). The molecule has 0 atom stereocenters. The van der Waals surface area contributed by atoms with E-state index in [9.17, 15) is 18.0 Å². The zero-order valence-electron chi connectivity index (χ0n) is 16.3. The van der Waals surface area contributed by atoms with Crippen LogP contribution in [0.3, 0.4) is 0 Å². The Bertz CT molecular complexity index is 1290. The van der Waals surface area contributed by atoms with E-state index >= 15 is 0 Å². The SMILES string of the molecule is O=C(O)Cc1cccc(Oc2ccc(Oc3cccc4cnncc34)cc2C(F)(F)F)c1. The van der Waals surface area contributed by atoms with Gasteiger partial charge >= 0.3 is 12.1 Å². The minimum Gasteiger partial charge on any atom is -0.481 e. The van der Waals surface area contributed by atoms with Crippen LogP contribution in [-0.2, 0) is 17.4 Å². The molecule has 0 spiro atoms. The zero-order valence-corrected chi connectivity index (χ0v) is 16.3. The van der Waals surface area contributed by atoms with Crippen LogP contribution < -0.4 is 9.47 Å². The molecule has 0 bridgehead atoms. The van der Waals surface area contributed by atoms with Gasteiger partial charge in [0.1, 0.15) is 28.6 Å². The normalized spacial score (nSPS) is 11.3. The van der Waals surface area contributed by atoms with E-state index in [1.165, 1.54) is 36.7 Å². The van der Waals surface area contributed by atoms with Crippen molar-refractivity contribution in [3.63, 3.8) is 0 Å². The van der Waals surface area contributed by atoms with Gasteiger partial charge in [0, 0.05) is 10.8 Å². The quantitative estimate of drug-likeness (QED) is 0.404. The van der Waals surface area contributed by atoms with E-state index in [0.29, 0.717) is 16.7 Å². The lowest BCUT2D eigenvalue weighted by atomic mass is 10.1. The van der Waals surface area contributed by atoms with Crippen molar-refractivity contribution in [2.24, 2.45) is 0 Å². The molecule has 9 heteroatoms. The van der Waals surface area contributed by atoms with Gasteiger partial charge in [0.05, 0.1) is 18.8 Å². The number of halogens is 3. The van der Waals surface area contributed by atoms with Gasteiger partial charge in [0.25, 0.3) is 0 Å². The van der Waals surface area contributed by atoms with Crippen molar-refractivity contribution in [2.45, 2.75) is 12.6 Å². The van der Waals surface area contributed by atoms with Crippen LogP contribution in [-0.4, -0.2) is 21.3 Å². The molecule has 1 aromatic heterocycles. The standard InChI is InChI=1S/C23H15F3N2O4/c24-23(25,26)19-11-17(31-20-6-2-4-15-12-27-28-13-18(15)20)7-8-21(19)32-16-5-1-3-14(9-16)10-22(29)30/h1-9,11-13H,10H2,(H,29,30). The van der Waals surface area contributed by atoms with E-state index in [4.69, 9.17) is 14.6 Å². The van der Waals surface area contributed by atoms with Crippen molar-refractivity contribution in [3.8, 4) is 23.0 Å². The predicted molar refractivity (Wildman–Crippen MR) is 109 cm³/mol. The molecule has 3 aromatic carbocycles. The van der Waals surface area contributed by atoms with Gasteiger partial charge in [-0.05, 0) is 42.0 Å². The molecule has 1 heterocycles. The Morgan fingerprint density at radius 3 is 2.38 bits per heavy atom. The van der Waals surface area contributed by atoms with Crippen LogP contribution in [0.1, 0.15) is 11.1 Å². The van der Waals surface area contributed by atoms with Crippen LogP contribution in [0.15, 0.2) is 73.1 Å². The van der Waals surface area contributed by atoms with E-state index in [0.717, 1.165) is 17.5 Å². The molecule has 0 amide bonds. The Labute approximate surface area is 179 Å². The van der Waals surface area contributed by atoms with Crippen LogP contribution >= 0.6 is 0 Å². The number of hydrogen-bond acceptors (Lipinski definition) is 5. The molecule has 32 heavy (non-hydrogen) atoms. The fourth-order valence-corrected chi connectivity index (χ4v) is 3.12. The number of alkyl halides is 3. The maximum atomic E-state index is 13.7. The Kier molecular flexibility index (Phi) is 5.63. The summed E-state index contributed by atoms with van der Waals surface area (Å²) in [6.45, 7) is 0. The predicted octanol–water partition coefficient (Wildman–Crippen LogP) is 5.86. The lowest BCUT2D eigenvalue weighted by Crippen LogP contribution is -2.07. The van der Waals surface area contributed by atoms with Crippen LogP contribution in [0, 0.1) is 0 Å². The Hall–Kier alpha value is -4.14. The van der Waals surface area contributed by atoms with Crippen molar-refractivity contribution < 1.29 is 32.5 Å². The monoisotopic (exact) mass is 440 g/mol. The first kappa shape index (κ1) is 21.1. The van der Waals surface area contributed by atoms with Crippen molar-refractivity contribution in [3.05, 3.63) is 84.2 Å². The molecule has 0 fully saturated rings. The summed E-state index contributed by atoms with van der Waals surface area (Å²) >= 11 is 0. The zero-order chi connectivity index (χ0) is 22.7. The lowest BCUT2D eigenvalue weighted by molar-refractivity contribution is -0.138. The number of carboxylic acid groups (broad SMARTS) is 1. The molecule has 0 aliphatic carbocycles. The summed E-state index contributed by atoms with van der Waals surface area (Å²) in [4.78, 5) is 10.9. The second-order valence-corrected chi connectivity index (χ2v) is 6.83. The maximum absolute atomic E-state index is 13.7. The number of rotatable bonds is 6. The number of nitrogens with zero attached hydrogens (tertiary/aromatic N) is 2. The molecular formula is C23H15F3N2O4.